The Kier molecular flexibility index (Phi) is 10.1. The molecule has 0 radical (unpaired) electrons. The minimum atomic E-state index is -1.04. The van der Waals surface area contributed by atoms with Gasteiger partial charge >= 0.3 is 0 Å². The second-order valence-electron chi connectivity index (χ2n) is 10.6. The molecule has 0 amide bonds. The number of hydrogen-bond acceptors (Lipinski definition) is 6. The fourth-order valence-corrected chi connectivity index (χ4v) is 5.26. The predicted octanol–water partition coefficient (Wildman–Crippen LogP) is 7.21. The lowest BCUT2D eigenvalue weighted by molar-refractivity contribution is -0.0231. The van der Waals surface area contributed by atoms with Gasteiger partial charge in [-0.15, -0.1) is 0 Å². The second kappa shape index (κ2) is 13.5. The molecule has 6 nitrogen and oxygen atoms in total. The van der Waals surface area contributed by atoms with Crippen LogP contribution in [0.1, 0.15) is 102 Å². The normalized spacial score (nSPS) is 19.2. The highest BCUT2D eigenvalue weighted by molar-refractivity contribution is 5.64. The Labute approximate surface area is 228 Å². The molecule has 6 heteroatoms. The van der Waals surface area contributed by atoms with Gasteiger partial charge < -0.3 is 28.8 Å². The molecule has 1 N–H and O–H groups in total. The van der Waals surface area contributed by atoms with Crippen LogP contribution in [0.15, 0.2) is 24.3 Å². The summed E-state index contributed by atoms with van der Waals surface area (Å²) in [5.41, 5.74) is 2.06. The molecule has 38 heavy (non-hydrogen) atoms. The highest BCUT2D eigenvalue weighted by atomic mass is 16.5. The molecule has 0 fully saturated rings. The van der Waals surface area contributed by atoms with Crippen LogP contribution in [0.3, 0.4) is 0 Å². The summed E-state index contributed by atoms with van der Waals surface area (Å²) in [5.74, 6) is 3.33. The summed E-state index contributed by atoms with van der Waals surface area (Å²) in [5, 5.41) is 11.9. The van der Waals surface area contributed by atoms with Gasteiger partial charge in [0.2, 0.25) is 5.75 Å². The molecule has 0 aromatic heterocycles. The van der Waals surface area contributed by atoms with Crippen molar-refractivity contribution in [2.24, 2.45) is 0 Å². The Morgan fingerprint density at radius 2 is 1.29 bits per heavy atom. The molecule has 4 rings (SSSR count). The first-order chi connectivity index (χ1) is 18.6. The van der Waals surface area contributed by atoms with E-state index in [0.717, 1.165) is 79.6 Å². The van der Waals surface area contributed by atoms with Crippen LogP contribution < -0.4 is 23.7 Å². The van der Waals surface area contributed by atoms with E-state index >= 15 is 0 Å². The third-order valence-electron chi connectivity index (χ3n) is 7.45. The zero-order valence-electron chi connectivity index (χ0n) is 23.8. The maximum Gasteiger partial charge on any atom is 0.203 e. The number of unbranched alkanes of at least 4 members (excludes halogenated alkanes) is 4. The highest BCUT2D eigenvalue weighted by Crippen LogP contribution is 2.56. The van der Waals surface area contributed by atoms with Gasteiger partial charge in [-0.05, 0) is 55.0 Å². The Morgan fingerprint density at radius 3 is 1.89 bits per heavy atom. The summed E-state index contributed by atoms with van der Waals surface area (Å²) < 4.78 is 31.0. The zero-order chi connectivity index (χ0) is 27.0. The summed E-state index contributed by atoms with van der Waals surface area (Å²) in [6, 6.07) is 8.18. The molecule has 0 unspecified atom stereocenters. The van der Waals surface area contributed by atoms with E-state index in [9.17, 15) is 5.11 Å². The molecule has 2 aromatic carbocycles. The van der Waals surface area contributed by atoms with Gasteiger partial charge in [0.1, 0.15) is 12.2 Å². The quantitative estimate of drug-likeness (QED) is 0.233. The average molecular weight is 527 g/mol. The fraction of sp³-hybridized carbons (Fsp3) is 0.625. The van der Waals surface area contributed by atoms with Crippen molar-refractivity contribution in [3.05, 3.63) is 41.0 Å². The Bertz CT molecular complexity index is 1050. The summed E-state index contributed by atoms with van der Waals surface area (Å²) in [6.07, 6.45) is 8.64. The molecule has 0 bridgehead atoms. The third-order valence-corrected chi connectivity index (χ3v) is 7.45. The molecule has 1 aliphatic heterocycles. The van der Waals surface area contributed by atoms with Crippen molar-refractivity contribution < 1.29 is 28.8 Å². The number of benzene rings is 2. The van der Waals surface area contributed by atoms with Crippen LogP contribution in [-0.2, 0) is 6.42 Å². The largest absolute Gasteiger partial charge is 0.490 e. The minimum absolute atomic E-state index is 0.194. The lowest BCUT2D eigenvalue weighted by atomic mass is 9.80. The lowest BCUT2D eigenvalue weighted by Crippen LogP contribution is -2.44. The Hall–Kier alpha value is -2.60. The fourth-order valence-electron chi connectivity index (χ4n) is 5.26. The summed E-state index contributed by atoms with van der Waals surface area (Å²) in [7, 11) is 0. The molecule has 0 spiro atoms. The van der Waals surface area contributed by atoms with Gasteiger partial charge in [0.05, 0.1) is 26.4 Å². The summed E-state index contributed by atoms with van der Waals surface area (Å²) in [6.45, 7) is 11.3. The predicted molar refractivity (Wildman–Crippen MR) is 150 cm³/mol. The maximum atomic E-state index is 11.9. The number of hydrogen-bond donors (Lipinski definition) is 1. The number of fused-ring (bicyclic) bond motifs is 5. The van der Waals surface area contributed by atoms with E-state index in [1.807, 2.05) is 12.1 Å². The molecule has 1 heterocycles. The van der Waals surface area contributed by atoms with Gasteiger partial charge in [0.15, 0.2) is 23.0 Å². The van der Waals surface area contributed by atoms with Gasteiger partial charge in [0, 0.05) is 17.9 Å². The van der Waals surface area contributed by atoms with Crippen LogP contribution in [0.2, 0.25) is 0 Å². The van der Waals surface area contributed by atoms with Gasteiger partial charge in [-0.3, -0.25) is 0 Å². The summed E-state index contributed by atoms with van der Waals surface area (Å²) in [4.78, 5) is 0. The molecule has 2 aliphatic rings. The monoisotopic (exact) mass is 526 g/mol. The van der Waals surface area contributed by atoms with Crippen LogP contribution >= 0.6 is 0 Å². The Balaban J connectivity index is 1.72. The topological polar surface area (TPSA) is 66.4 Å². The molecule has 2 atom stereocenters. The molecular weight excluding hydrogens is 480 g/mol. The van der Waals surface area contributed by atoms with Gasteiger partial charge in [-0.2, -0.15) is 0 Å². The smallest absolute Gasteiger partial charge is 0.203 e. The SMILES string of the molecule is CCCCOc1cc2c(cc1OCCCC)[C@@H]1c3ccc(OCCCC)c(OCCCC)c3OC[C@]1(O)C2. The van der Waals surface area contributed by atoms with Gasteiger partial charge in [-0.1, -0.05) is 59.4 Å². The van der Waals surface area contributed by atoms with Crippen molar-refractivity contribution in [2.45, 2.75) is 97.0 Å². The molecule has 2 aromatic rings. The lowest BCUT2D eigenvalue weighted by Gasteiger charge is -2.37. The molecular formula is C32H46O6. The van der Waals surface area contributed by atoms with Crippen LogP contribution in [0.4, 0.5) is 0 Å². The van der Waals surface area contributed by atoms with Gasteiger partial charge in [0.25, 0.3) is 0 Å². The van der Waals surface area contributed by atoms with Crippen molar-refractivity contribution in [3.63, 3.8) is 0 Å². The number of rotatable bonds is 16. The van der Waals surface area contributed by atoms with E-state index in [0.29, 0.717) is 50.1 Å². The van der Waals surface area contributed by atoms with E-state index in [1.165, 1.54) is 0 Å². The average Bonchev–Trinajstić information content (AvgIpc) is 3.21. The number of ether oxygens (including phenoxy) is 5. The van der Waals surface area contributed by atoms with Crippen molar-refractivity contribution in [2.75, 3.05) is 33.0 Å². The molecule has 0 saturated heterocycles. The first-order valence-corrected chi connectivity index (χ1v) is 14.8. The molecule has 210 valence electrons. The van der Waals surface area contributed by atoms with E-state index in [2.05, 4.69) is 39.8 Å². The zero-order valence-corrected chi connectivity index (χ0v) is 23.8. The first-order valence-electron chi connectivity index (χ1n) is 14.8. The molecule has 1 aliphatic carbocycles. The van der Waals surface area contributed by atoms with E-state index in [-0.39, 0.29) is 12.5 Å². The van der Waals surface area contributed by atoms with Crippen molar-refractivity contribution in [1.82, 2.24) is 0 Å². The second-order valence-corrected chi connectivity index (χ2v) is 10.6. The van der Waals surface area contributed by atoms with Crippen molar-refractivity contribution in [3.8, 4) is 28.7 Å². The minimum Gasteiger partial charge on any atom is -0.490 e. The van der Waals surface area contributed by atoms with E-state index in [4.69, 9.17) is 23.7 Å². The van der Waals surface area contributed by atoms with E-state index in [1.54, 1.807) is 0 Å². The van der Waals surface area contributed by atoms with E-state index < -0.39 is 5.60 Å². The number of aliphatic hydroxyl groups is 1. The van der Waals surface area contributed by atoms with Crippen LogP contribution in [0.5, 0.6) is 28.7 Å². The van der Waals surface area contributed by atoms with Crippen LogP contribution in [0.25, 0.3) is 0 Å². The standard InChI is InChI=1S/C32H46O6/c1-5-9-15-34-26-14-13-24-29-25-20-28(36-17-11-7-3)27(35-16-10-6-2)19-23(25)21-32(29,33)22-38-30(24)31(26)37-18-12-8-4/h13-14,19-20,29,33H,5-12,15-18,21-22H2,1-4H3/t29-,32+/m0/s1. The first kappa shape index (κ1) is 28.4. The van der Waals surface area contributed by atoms with Crippen molar-refractivity contribution >= 4 is 0 Å². The van der Waals surface area contributed by atoms with Crippen LogP contribution in [0, 0.1) is 0 Å². The van der Waals surface area contributed by atoms with Gasteiger partial charge in [-0.25, -0.2) is 0 Å². The summed E-state index contributed by atoms with van der Waals surface area (Å²) >= 11 is 0. The Morgan fingerprint density at radius 1 is 0.737 bits per heavy atom. The van der Waals surface area contributed by atoms with Crippen LogP contribution in [-0.4, -0.2) is 43.7 Å². The maximum absolute atomic E-state index is 11.9. The van der Waals surface area contributed by atoms with Crippen molar-refractivity contribution in [1.29, 1.82) is 0 Å². The third kappa shape index (κ3) is 6.17. The highest BCUT2D eigenvalue weighted by Gasteiger charge is 2.51. The molecule has 0 saturated carbocycles.